The number of hydrogen-bond donors (Lipinski definition) is 2. The Hall–Kier alpha value is -2.95. The third kappa shape index (κ3) is 6.01. The summed E-state index contributed by atoms with van der Waals surface area (Å²) in [4.78, 5) is 2.36. The Kier molecular flexibility index (Phi) is 7.73. The maximum absolute atomic E-state index is 13.3. The van der Waals surface area contributed by atoms with Crippen molar-refractivity contribution >= 4 is 16.6 Å². The Morgan fingerprint density at radius 3 is 2.69 bits per heavy atom. The number of anilines is 1. The number of halogens is 3. The largest absolute Gasteiger partial charge is 0.490 e. The molecule has 0 aliphatic carbocycles. The summed E-state index contributed by atoms with van der Waals surface area (Å²) < 4.78 is 51.4. The molecular formula is C25H30F3N5O2. The molecule has 1 aliphatic rings. The smallest absolute Gasteiger partial charge is 0.416 e. The fourth-order valence-electron chi connectivity index (χ4n) is 4.42. The van der Waals surface area contributed by atoms with Gasteiger partial charge >= 0.3 is 6.18 Å². The zero-order chi connectivity index (χ0) is 25.0. The fraction of sp³-hybridized carbons (Fsp3) is 0.440. The number of fused-ring (bicyclic) bond motifs is 1. The van der Waals surface area contributed by atoms with Crippen molar-refractivity contribution in [1.29, 1.82) is 0 Å². The molecule has 0 spiro atoms. The molecule has 1 aliphatic heterocycles. The number of rotatable bonds is 8. The predicted molar refractivity (Wildman–Crippen MR) is 128 cm³/mol. The quantitative estimate of drug-likeness (QED) is 0.450. The number of aromatic nitrogens is 2. The second-order valence-electron chi connectivity index (χ2n) is 8.73. The second kappa shape index (κ2) is 10.8. The zero-order valence-corrected chi connectivity index (χ0v) is 19.8. The topological polar surface area (TPSA) is 85.5 Å². The first kappa shape index (κ1) is 25.2. The third-order valence-corrected chi connectivity index (χ3v) is 6.39. The van der Waals surface area contributed by atoms with Crippen molar-refractivity contribution in [3.05, 3.63) is 59.3 Å². The number of alkyl halides is 3. The molecule has 0 radical (unpaired) electrons. The monoisotopic (exact) mass is 489 g/mol. The summed E-state index contributed by atoms with van der Waals surface area (Å²) in [6, 6.07) is 9.63. The van der Waals surface area contributed by atoms with E-state index in [2.05, 4.69) is 20.4 Å². The van der Waals surface area contributed by atoms with E-state index in [4.69, 9.17) is 15.2 Å². The van der Waals surface area contributed by atoms with Crippen LogP contribution in [0.15, 0.2) is 42.6 Å². The van der Waals surface area contributed by atoms with E-state index >= 15 is 0 Å². The van der Waals surface area contributed by atoms with Crippen LogP contribution in [-0.4, -0.2) is 54.6 Å². The van der Waals surface area contributed by atoms with Gasteiger partial charge < -0.3 is 25.4 Å². The number of hydrogen-bond acceptors (Lipinski definition) is 7. The molecule has 35 heavy (non-hydrogen) atoms. The Balaban J connectivity index is 1.50. The molecule has 0 amide bonds. The van der Waals surface area contributed by atoms with Gasteiger partial charge in [-0.1, -0.05) is 12.1 Å². The lowest BCUT2D eigenvalue weighted by molar-refractivity contribution is -0.138. The molecule has 2 heterocycles. The van der Waals surface area contributed by atoms with Crippen LogP contribution in [0.2, 0.25) is 0 Å². The first-order valence-corrected chi connectivity index (χ1v) is 11.6. The number of nitrogens with two attached hydrogens (primary N) is 1. The highest BCUT2D eigenvalue weighted by Gasteiger charge is 2.33. The number of methoxy groups -OCH3 is 1. The van der Waals surface area contributed by atoms with Crippen molar-refractivity contribution in [1.82, 2.24) is 15.1 Å². The summed E-state index contributed by atoms with van der Waals surface area (Å²) in [6.07, 6.45) is -1.79. The molecule has 2 aromatic carbocycles. The Labute approximate surface area is 202 Å². The Bertz CT molecular complexity index is 1150. The Morgan fingerprint density at radius 2 is 1.97 bits per heavy atom. The summed E-state index contributed by atoms with van der Waals surface area (Å²) in [5, 5.41) is 12.8. The van der Waals surface area contributed by atoms with Crippen molar-refractivity contribution in [2.24, 2.45) is 5.73 Å². The summed E-state index contributed by atoms with van der Waals surface area (Å²) in [7, 11) is 1.71. The molecule has 188 valence electrons. The van der Waals surface area contributed by atoms with Crippen molar-refractivity contribution in [3.63, 3.8) is 0 Å². The van der Waals surface area contributed by atoms with Crippen molar-refractivity contribution in [2.45, 2.75) is 38.2 Å². The van der Waals surface area contributed by atoms with Gasteiger partial charge in [0.05, 0.1) is 18.4 Å². The molecule has 3 aromatic rings. The molecule has 1 aromatic heterocycles. The van der Waals surface area contributed by atoms with Gasteiger partial charge in [0.25, 0.3) is 0 Å². The summed E-state index contributed by atoms with van der Waals surface area (Å²) in [5.41, 5.74) is 5.98. The number of likely N-dealkylation sites (tertiary alicyclic amines) is 1. The van der Waals surface area contributed by atoms with Crippen molar-refractivity contribution in [2.75, 3.05) is 38.7 Å². The van der Waals surface area contributed by atoms with Crippen molar-refractivity contribution < 1.29 is 22.6 Å². The molecule has 1 saturated heterocycles. The average molecular weight is 490 g/mol. The van der Waals surface area contributed by atoms with Gasteiger partial charge in [-0.05, 0) is 55.2 Å². The van der Waals surface area contributed by atoms with Crippen LogP contribution in [0.5, 0.6) is 5.75 Å². The van der Waals surface area contributed by atoms with Crippen LogP contribution in [0, 0.1) is 6.92 Å². The molecule has 0 unspecified atom stereocenters. The first-order chi connectivity index (χ1) is 16.8. The number of nitrogens with one attached hydrogen (secondary N) is 1. The zero-order valence-electron chi connectivity index (χ0n) is 19.8. The molecule has 10 heteroatoms. The van der Waals surface area contributed by atoms with Gasteiger partial charge in [0.15, 0.2) is 5.82 Å². The van der Waals surface area contributed by atoms with Gasteiger partial charge in [-0.2, -0.15) is 18.3 Å². The van der Waals surface area contributed by atoms with E-state index < -0.39 is 17.9 Å². The Morgan fingerprint density at radius 1 is 1.20 bits per heavy atom. The lowest BCUT2D eigenvalue weighted by Gasteiger charge is -2.32. The molecule has 1 fully saturated rings. The predicted octanol–water partition coefficient (Wildman–Crippen LogP) is 4.52. The van der Waals surface area contributed by atoms with Gasteiger partial charge in [-0.15, -0.1) is 5.10 Å². The van der Waals surface area contributed by atoms with Crippen LogP contribution in [0.3, 0.4) is 0 Å². The number of benzene rings is 2. The molecule has 4 rings (SSSR count). The van der Waals surface area contributed by atoms with E-state index in [1.54, 1.807) is 19.4 Å². The number of piperidine rings is 1. The van der Waals surface area contributed by atoms with Crippen LogP contribution < -0.4 is 15.8 Å². The number of ether oxygens (including phenoxy) is 2. The number of nitrogens with zero attached hydrogens (tertiary/aromatic N) is 3. The fourth-order valence-corrected chi connectivity index (χ4v) is 4.42. The normalized spacial score (nSPS) is 16.4. The van der Waals surface area contributed by atoms with Gasteiger partial charge in [0.1, 0.15) is 18.0 Å². The molecule has 0 bridgehead atoms. The van der Waals surface area contributed by atoms with Gasteiger partial charge in [-0.3, -0.25) is 0 Å². The lowest BCUT2D eigenvalue weighted by atomic mass is 10.00. The van der Waals surface area contributed by atoms with Gasteiger partial charge in [-0.25, -0.2) is 0 Å². The van der Waals surface area contributed by atoms with E-state index in [0.717, 1.165) is 55.9 Å². The van der Waals surface area contributed by atoms with Gasteiger partial charge in [0, 0.05) is 37.5 Å². The molecular weight excluding hydrogens is 459 g/mol. The standard InChI is InChI=1S/C25H30F3N5O2/c1-16-20(4-3-5-22(16)25(26,27)28)23(29)31-24-21-14-19(7-6-17(21)15-30-32-24)35-18-8-10-33(11-9-18)12-13-34-2/h3-7,14-15,18,23H,8-13,29H2,1-2H3,(H,31,32)/t23-/m0/s1. The van der Waals surface area contributed by atoms with Crippen LogP contribution in [-0.2, 0) is 10.9 Å². The van der Waals surface area contributed by atoms with E-state index in [1.807, 2.05) is 18.2 Å². The highest BCUT2D eigenvalue weighted by molar-refractivity contribution is 5.92. The highest BCUT2D eigenvalue weighted by atomic mass is 19.4. The van der Waals surface area contributed by atoms with Crippen LogP contribution >= 0.6 is 0 Å². The summed E-state index contributed by atoms with van der Waals surface area (Å²) in [6.45, 7) is 4.95. The molecule has 7 nitrogen and oxygen atoms in total. The second-order valence-corrected chi connectivity index (χ2v) is 8.73. The minimum atomic E-state index is -4.45. The van der Waals surface area contributed by atoms with Gasteiger partial charge in [0.2, 0.25) is 0 Å². The van der Waals surface area contributed by atoms with E-state index in [-0.39, 0.29) is 11.7 Å². The lowest BCUT2D eigenvalue weighted by Crippen LogP contribution is -2.39. The van der Waals surface area contributed by atoms with Crippen LogP contribution in [0.4, 0.5) is 19.0 Å². The summed E-state index contributed by atoms with van der Waals surface area (Å²) >= 11 is 0. The van der Waals surface area contributed by atoms with Crippen LogP contribution in [0.1, 0.15) is 35.7 Å². The molecule has 0 saturated carbocycles. The summed E-state index contributed by atoms with van der Waals surface area (Å²) in [5.74, 6) is 1.08. The minimum absolute atomic E-state index is 0.0778. The highest BCUT2D eigenvalue weighted by Crippen LogP contribution is 2.35. The van der Waals surface area contributed by atoms with Crippen LogP contribution in [0.25, 0.3) is 10.8 Å². The average Bonchev–Trinajstić information content (AvgIpc) is 2.83. The first-order valence-electron chi connectivity index (χ1n) is 11.6. The minimum Gasteiger partial charge on any atom is -0.490 e. The molecule has 3 N–H and O–H groups in total. The van der Waals surface area contributed by atoms with Crippen molar-refractivity contribution in [3.8, 4) is 5.75 Å². The maximum Gasteiger partial charge on any atom is 0.416 e. The van der Waals surface area contributed by atoms with E-state index in [9.17, 15) is 13.2 Å². The third-order valence-electron chi connectivity index (χ3n) is 6.39. The van der Waals surface area contributed by atoms with E-state index in [0.29, 0.717) is 17.1 Å². The maximum atomic E-state index is 13.3. The molecule has 1 atom stereocenters. The van der Waals surface area contributed by atoms with E-state index in [1.165, 1.54) is 13.0 Å². The SMILES string of the molecule is COCCN1CCC(Oc2ccc3cnnc(N[C@H](N)c4cccc(C(F)(F)F)c4C)c3c2)CC1.